The van der Waals surface area contributed by atoms with Gasteiger partial charge in [-0.05, 0) is 48.5 Å². The molecule has 8 nitrogen and oxygen atoms in total. The van der Waals surface area contributed by atoms with E-state index in [1.807, 2.05) is 0 Å². The van der Waals surface area contributed by atoms with Crippen molar-refractivity contribution < 1.29 is 31.9 Å². The Kier molecular flexibility index (Phi) is 7.96. The van der Waals surface area contributed by atoms with E-state index in [2.05, 4.69) is 10.6 Å². The van der Waals surface area contributed by atoms with Gasteiger partial charge in [0.25, 0.3) is 0 Å². The van der Waals surface area contributed by atoms with Crippen LogP contribution in [-0.2, 0) is 19.4 Å². The number of amides is 2. The van der Waals surface area contributed by atoms with Crippen molar-refractivity contribution in [3.8, 4) is 11.5 Å². The standard InChI is InChI=1S/C19H21FN2O6S/c1-27-16-6-8-17(9-7-16)28-11-10-21-18(23)12-29(25,26)13-19(24)22-15-4-2-14(20)3-5-15/h2-9H,10-13H2,1H3,(H,21,23)(H,22,24). The lowest BCUT2D eigenvalue weighted by molar-refractivity contribution is -0.118. The van der Waals surface area contributed by atoms with E-state index >= 15 is 0 Å². The summed E-state index contributed by atoms with van der Waals surface area (Å²) in [4.78, 5) is 23.6. The Bertz CT molecular complexity index is 930. The largest absolute Gasteiger partial charge is 0.497 e. The molecule has 0 unspecified atom stereocenters. The number of anilines is 1. The van der Waals surface area contributed by atoms with Gasteiger partial charge in [-0.25, -0.2) is 12.8 Å². The Morgan fingerprint density at radius 2 is 1.52 bits per heavy atom. The van der Waals surface area contributed by atoms with Crippen LogP contribution in [0.15, 0.2) is 48.5 Å². The van der Waals surface area contributed by atoms with Gasteiger partial charge in [0, 0.05) is 5.69 Å². The van der Waals surface area contributed by atoms with Crippen LogP contribution in [-0.4, -0.2) is 52.0 Å². The van der Waals surface area contributed by atoms with Crippen LogP contribution in [0.3, 0.4) is 0 Å². The smallest absolute Gasteiger partial charge is 0.239 e. The molecule has 29 heavy (non-hydrogen) atoms. The van der Waals surface area contributed by atoms with E-state index < -0.39 is 39.0 Å². The van der Waals surface area contributed by atoms with Crippen LogP contribution in [0.4, 0.5) is 10.1 Å². The first kappa shape index (κ1) is 22.2. The maximum absolute atomic E-state index is 12.8. The van der Waals surface area contributed by atoms with Crippen molar-refractivity contribution >= 4 is 27.3 Å². The Morgan fingerprint density at radius 1 is 0.931 bits per heavy atom. The van der Waals surface area contributed by atoms with Crippen LogP contribution in [0.2, 0.25) is 0 Å². The molecule has 0 aliphatic heterocycles. The molecule has 0 aromatic heterocycles. The summed E-state index contributed by atoms with van der Waals surface area (Å²) >= 11 is 0. The van der Waals surface area contributed by atoms with Gasteiger partial charge in [-0.1, -0.05) is 0 Å². The maximum Gasteiger partial charge on any atom is 0.239 e. The van der Waals surface area contributed by atoms with Crippen LogP contribution < -0.4 is 20.1 Å². The summed E-state index contributed by atoms with van der Waals surface area (Å²) in [5.41, 5.74) is 0.256. The molecule has 0 heterocycles. The number of benzene rings is 2. The number of nitrogens with one attached hydrogen (secondary N) is 2. The van der Waals surface area contributed by atoms with Crippen LogP contribution in [0.5, 0.6) is 11.5 Å². The summed E-state index contributed by atoms with van der Waals surface area (Å²) in [5.74, 6) is -2.47. The minimum atomic E-state index is -3.96. The van der Waals surface area contributed by atoms with E-state index in [1.54, 1.807) is 31.4 Å². The topological polar surface area (TPSA) is 111 Å². The highest BCUT2D eigenvalue weighted by atomic mass is 32.2. The van der Waals surface area contributed by atoms with Crippen molar-refractivity contribution in [1.29, 1.82) is 0 Å². The Morgan fingerprint density at radius 3 is 2.14 bits per heavy atom. The predicted octanol–water partition coefficient (Wildman–Crippen LogP) is 1.38. The summed E-state index contributed by atoms with van der Waals surface area (Å²) in [5, 5.41) is 4.75. The van der Waals surface area contributed by atoms with Gasteiger partial charge < -0.3 is 20.1 Å². The first-order valence-corrected chi connectivity index (χ1v) is 10.4. The fraction of sp³-hybridized carbons (Fsp3) is 0.263. The van der Waals surface area contributed by atoms with E-state index in [9.17, 15) is 22.4 Å². The molecule has 2 aromatic carbocycles. The van der Waals surface area contributed by atoms with E-state index in [-0.39, 0.29) is 18.8 Å². The summed E-state index contributed by atoms with van der Waals surface area (Å²) in [6.45, 7) is 0.241. The lowest BCUT2D eigenvalue weighted by Gasteiger charge is -2.09. The van der Waals surface area contributed by atoms with E-state index in [1.165, 1.54) is 12.1 Å². The van der Waals surface area contributed by atoms with Crippen molar-refractivity contribution in [2.24, 2.45) is 0 Å². The quantitative estimate of drug-likeness (QED) is 0.558. The highest BCUT2D eigenvalue weighted by Gasteiger charge is 2.20. The Labute approximate surface area is 167 Å². The molecule has 0 aliphatic carbocycles. The molecule has 0 saturated carbocycles. The summed E-state index contributed by atoms with van der Waals surface area (Å²) in [7, 11) is -2.41. The summed E-state index contributed by atoms with van der Waals surface area (Å²) < 4.78 is 47.2. The van der Waals surface area contributed by atoms with Crippen LogP contribution in [0.1, 0.15) is 0 Å². The predicted molar refractivity (Wildman–Crippen MR) is 105 cm³/mol. The lowest BCUT2D eigenvalue weighted by Crippen LogP contribution is -2.35. The maximum atomic E-state index is 12.8. The number of ether oxygens (including phenoxy) is 2. The highest BCUT2D eigenvalue weighted by molar-refractivity contribution is 7.92. The molecule has 2 N–H and O–H groups in total. The number of sulfone groups is 1. The molecule has 2 amide bonds. The van der Waals surface area contributed by atoms with Gasteiger partial charge in [0.05, 0.1) is 13.7 Å². The van der Waals surface area contributed by atoms with Crippen molar-refractivity contribution in [1.82, 2.24) is 5.32 Å². The first-order valence-electron chi connectivity index (χ1n) is 8.57. The molecular formula is C19H21FN2O6S. The van der Waals surface area contributed by atoms with Gasteiger partial charge in [-0.3, -0.25) is 9.59 Å². The van der Waals surface area contributed by atoms with Crippen LogP contribution in [0, 0.1) is 5.82 Å². The fourth-order valence-electron chi connectivity index (χ4n) is 2.26. The highest BCUT2D eigenvalue weighted by Crippen LogP contribution is 2.16. The zero-order chi connectivity index (χ0) is 21.3. The summed E-state index contributed by atoms with van der Waals surface area (Å²) in [6, 6.07) is 11.7. The third-order valence-corrected chi connectivity index (χ3v) is 4.99. The van der Waals surface area contributed by atoms with Gasteiger partial charge in [-0.2, -0.15) is 0 Å². The molecular weight excluding hydrogens is 403 g/mol. The number of hydrogen-bond acceptors (Lipinski definition) is 6. The second kappa shape index (κ2) is 10.4. The van der Waals surface area contributed by atoms with E-state index in [0.717, 1.165) is 12.1 Å². The number of carbonyl (C=O) groups excluding carboxylic acids is 2. The molecule has 2 aromatic rings. The molecule has 156 valence electrons. The zero-order valence-electron chi connectivity index (χ0n) is 15.7. The molecule has 2 rings (SSSR count). The second-order valence-electron chi connectivity index (χ2n) is 5.96. The van der Waals surface area contributed by atoms with Crippen molar-refractivity contribution in [3.05, 3.63) is 54.3 Å². The molecule has 0 fully saturated rings. The van der Waals surface area contributed by atoms with Crippen molar-refractivity contribution in [3.63, 3.8) is 0 Å². The van der Waals surface area contributed by atoms with Crippen LogP contribution >= 0.6 is 0 Å². The monoisotopic (exact) mass is 424 g/mol. The number of carbonyl (C=O) groups is 2. The minimum absolute atomic E-state index is 0.0994. The molecule has 0 bridgehead atoms. The average Bonchev–Trinajstić information content (AvgIpc) is 2.66. The first-order chi connectivity index (χ1) is 13.8. The second-order valence-corrected chi connectivity index (χ2v) is 8.03. The number of rotatable bonds is 10. The normalized spacial score (nSPS) is 10.8. The molecule has 10 heteroatoms. The number of halogens is 1. The Hall–Kier alpha value is -3.14. The van der Waals surface area contributed by atoms with Gasteiger partial charge in [-0.15, -0.1) is 0 Å². The average molecular weight is 424 g/mol. The van der Waals surface area contributed by atoms with E-state index in [4.69, 9.17) is 9.47 Å². The molecule has 0 saturated heterocycles. The van der Waals surface area contributed by atoms with Crippen LogP contribution in [0.25, 0.3) is 0 Å². The lowest BCUT2D eigenvalue weighted by atomic mass is 10.3. The third-order valence-electron chi connectivity index (χ3n) is 3.58. The number of methoxy groups -OCH3 is 1. The molecule has 0 spiro atoms. The van der Waals surface area contributed by atoms with Crippen molar-refractivity contribution in [2.45, 2.75) is 0 Å². The van der Waals surface area contributed by atoms with Crippen molar-refractivity contribution in [2.75, 3.05) is 37.1 Å². The zero-order valence-corrected chi connectivity index (χ0v) is 16.5. The van der Waals surface area contributed by atoms with Gasteiger partial charge >= 0.3 is 0 Å². The third kappa shape index (κ3) is 8.18. The molecule has 0 aliphatic rings. The van der Waals surface area contributed by atoms with Gasteiger partial charge in [0.1, 0.15) is 35.4 Å². The molecule has 0 atom stereocenters. The minimum Gasteiger partial charge on any atom is -0.497 e. The summed E-state index contributed by atoms with van der Waals surface area (Å²) in [6.07, 6.45) is 0. The number of hydrogen-bond donors (Lipinski definition) is 2. The Balaban J connectivity index is 1.70. The van der Waals surface area contributed by atoms with Gasteiger partial charge in [0.2, 0.25) is 11.8 Å². The fourth-order valence-corrected chi connectivity index (χ4v) is 3.34. The van der Waals surface area contributed by atoms with Gasteiger partial charge in [0.15, 0.2) is 9.84 Å². The SMILES string of the molecule is COc1ccc(OCCNC(=O)CS(=O)(=O)CC(=O)Nc2ccc(F)cc2)cc1. The van der Waals surface area contributed by atoms with E-state index in [0.29, 0.717) is 11.5 Å². The molecule has 0 radical (unpaired) electrons.